The summed E-state index contributed by atoms with van der Waals surface area (Å²) < 4.78 is 16.6. The number of ketones is 1. The summed E-state index contributed by atoms with van der Waals surface area (Å²) in [5, 5.41) is 13.1. The van der Waals surface area contributed by atoms with E-state index < -0.39 is 17.7 Å². The molecule has 0 aliphatic carbocycles. The third-order valence-electron chi connectivity index (χ3n) is 6.15. The molecule has 8 nitrogen and oxygen atoms in total. The Morgan fingerprint density at radius 1 is 1.03 bits per heavy atom. The van der Waals surface area contributed by atoms with Gasteiger partial charge >= 0.3 is 0 Å². The molecule has 0 saturated carbocycles. The number of hydrogen-bond acceptors (Lipinski definition) is 8. The predicted octanol–water partition coefficient (Wildman–Crippen LogP) is 2.66. The number of thiophene rings is 1. The Morgan fingerprint density at radius 3 is 2.58 bits per heavy atom. The Hall–Kier alpha value is -2.88. The molecule has 1 amide bonds. The number of morpholine rings is 1. The third kappa shape index (κ3) is 4.36. The van der Waals surface area contributed by atoms with Crippen molar-refractivity contribution in [2.45, 2.75) is 12.5 Å². The van der Waals surface area contributed by atoms with Crippen molar-refractivity contribution in [2.75, 3.05) is 52.6 Å². The van der Waals surface area contributed by atoms with Gasteiger partial charge in [0, 0.05) is 36.6 Å². The normalized spacial score (nSPS) is 22.7. The van der Waals surface area contributed by atoms with Gasteiger partial charge in [0.05, 0.1) is 24.8 Å². The van der Waals surface area contributed by atoms with E-state index in [2.05, 4.69) is 4.90 Å². The van der Waals surface area contributed by atoms with E-state index in [1.807, 2.05) is 17.5 Å². The maximum absolute atomic E-state index is 13.1. The van der Waals surface area contributed by atoms with E-state index in [1.54, 1.807) is 23.1 Å². The summed E-state index contributed by atoms with van der Waals surface area (Å²) in [6, 6.07) is 8.22. The zero-order valence-electron chi connectivity index (χ0n) is 18.2. The molecular formula is C24H26N2O6S. The number of hydrogen-bond donors (Lipinski definition) is 1. The van der Waals surface area contributed by atoms with Crippen LogP contribution in [0.5, 0.6) is 11.5 Å². The molecule has 2 saturated heterocycles. The SMILES string of the molecule is O=C1C(=O)N(CCCN2CCOCC2)C(c2cccs2)/C1=C(\O)c1ccc2c(c1)OCCO2. The molecule has 0 radical (unpaired) electrons. The summed E-state index contributed by atoms with van der Waals surface area (Å²) in [7, 11) is 0. The summed E-state index contributed by atoms with van der Waals surface area (Å²) in [6.07, 6.45) is 0.735. The van der Waals surface area contributed by atoms with Gasteiger partial charge in [0.15, 0.2) is 11.5 Å². The van der Waals surface area contributed by atoms with Gasteiger partial charge in [-0.2, -0.15) is 0 Å². The van der Waals surface area contributed by atoms with Crippen molar-refractivity contribution in [2.24, 2.45) is 0 Å². The first kappa shape index (κ1) is 21.9. The lowest BCUT2D eigenvalue weighted by Gasteiger charge is -2.28. The van der Waals surface area contributed by atoms with E-state index >= 15 is 0 Å². The Balaban J connectivity index is 1.44. The molecule has 1 aromatic heterocycles. The van der Waals surface area contributed by atoms with E-state index in [4.69, 9.17) is 14.2 Å². The number of nitrogens with zero attached hydrogens (tertiary/aromatic N) is 2. The second kappa shape index (κ2) is 9.54. The second-order valence-corrected chi connectivity index (χ2v) is 9.15. The van der Waals surface area contributed by atoms with E-state index in [-0.39, 0.29) is 11.3 Å². The van der Waals surface area contributed by atoms with Crippen molar-refractivity contribution in [1.82, 2.24) is 9.80 Å². The minimum Gasteiger partial charge on any atom is -0.507 e. The van der Waals surface area contributed by atoms with Crippen LogP contribution in [-0.2, 0) is 14.3 Å². The van der Waals surface area contributed by atoms with E-state index in [1.165, 1.54) is 11.3 Å². The minimum atomic E-state index is -0.660. The summed E-state index contributed by atoms with van der Waals surface area (Å²) in [4.78, 5) is 30.9. The number of benzene rings is 1. The lowest BCUT2D eigenvalue weighted by molar-refractivity contribution is -0.140. The predicted molar refractivity (Wildman–Crippen MR) is 123 cm³/mol. The fourth-order valence-corrected chi connectivity index (χ4v) is 5.33. The monoisotopic (exact) mass is 470 g/mol. The number of Topliss-reactive ketones (excluding diaryl/α,β-unsaturated/α-hetero) is 1. The summed E-state index contributed by atoms with van der Waals surface area (Å²) in [5.41, 5.74) is 0.539. The van der Waals surface area contributed by atoms with Gasteiger partial charge in [-0.3, -0.25) is 14.5 Å². The van der Waals surface area contributed by atoms with Gasteiger partial charge in [-0.05, 0) is 36.1 Å². The Labute approximate surface area is 196 Å². The minimum absolute atomic E-state index is 0.116. The van der Waals surface area contributed by atoms with Gasteiger partial charge in [0.1, 0.15) is 19.0 Å². The highest BCUT2D eigenvalue weighted by molar-refractivity contribution is 7.10. The van der Waals surface area contributed by atoms with Crippen LogP contribution in [0.15, 0.2) is 41.3 Å². The number of rotatable bonds is 6. The van der Waals surface area contributed by atoms with Crippen LogP contribution in [-0.4, -0.2) is 79.2 Å². The lowest BCUT2D eigenvalue weighted by Crippen LogP contribution is -2.38. The maximum atomic E-state index is 13.1. The fourth-order valence-electron chi connectivity index (χ4n) is 4.49. The molecule has 2 fully saturated rings. The van der Waals surface area contributed by atoms with Gasteiger partial charge in [0.2, 0.25) is 0 Å². The Kier molecular flexibility index (Phi) is 6.34. The second-order valence-electron chi connectivity index (χ2n) is 8.17. The van der Waals surface area contributed by atoms with Crippen molar-refractivity contribution >= 4 is 28.8 Å². The van der Waals surface area contributed by atoms with Crippen LogP contribution < -0.4 is 9.47 Å². The molecule has 174 valence electrons. The number of carbonyl (C=O) groups excluding carboxylic acids is 2. The summed E-state index contributed by atoms with van der Waals surface area (Å²) >= 11 is 1.47. The summed E-state index contributed by atoms with van der Waals surface area (Å²) in [6.45, 7) is 5.32. The first-order valence-electron chi connectivity index (χ1n) is 11.2. The van der Waals surface area contributed by atoms with Gasteiger partial charge < -0.3 is 24.2 Å². The zero-order valence-corrected chi connectivity index (χ0v) is 19.0. The summed E-state index contributed by atoms with van der Waals surface area (Å²) in [5.74, 6) is -0.324. The maximum Gasteiger partial charge on any atom is 0.295 e. The number of ether oxygens (including phenoxy) is 3. The average Bonchev–Trinajstić information content (AvgIpc) is 3.47. The van der Waals surface area contributed by atoms with Crippen LogP contribution in [0.1, 0.15) is 22.9 Å². The number of fused-ring (bicyclic) bond motifs is 1. The average molecular weight is 471 g/mol. The molecule has 2 aromatic rings. The van der Waals surface area contributed by atoms with Crippen molar-refractivity contribution in [1.29, 1.82) is 0 Å². The molecule has 1 atom stereocenters. The molecule has 3 aliphatic heterocycles. The molecule has 9 heteroatoms. The fraction of sp³-hybridized carbons (Fsp3) is 0.417. The van der Waals surface area contributed by atoms with Crippen LogP contribution in [0.2, 0.25) is 0 Å². The van der Waals surface area contributed by atoms with E-state index in [0.29, 0.717) is 36.8 Å². The quantitative estimate of drug-likeness (QED) is 0.395. The van der Waals surface area contributed by atoms with Crippen molar-refractivity contribution in [3.8, 4) is 11.5 Å². The molecule has 1 aromatic carbocycles. The zero-order chi connectivity index (χ0) is 22.8. The molecule has 5 rings (SSSR count). The highest BCUT2D eigenvalue weighted by Crippen LogP contribution is 2.42. The number of aliphatic hydroxyl groups is 1. The lowest BCUT2D eigenvalue weighted by atomic mass is 9.99. The van der Waals surface area contributed by atoms with Crippen LogP contribution in [0.3, 0.4) is 0 Å². The largest absolute Gasteiger partial charge is 0.507 e. The molecule has 4 heterocycles. The van der Waals surface area contributed by atoms with Gasteiger partial charge in [0.25, 0.3) is 11.7 Å². The molecule has 0 bridgehead atoms. The van der Waals surface area contributed by atoms with Crippen LogP contribution in [0.25, 0.3) is 5.76 Å². The first-order chi connectivity index (χ1) is 16.1. The van der Waals surface area contributed by atoms with Crippen LogP contribution in [0.4, 0.5) is 0 Å². The highest BCUT2D eigenvalue weighted by Gasteiger charge is 2.46. The molecule has 1 N–H and O–H groups in total. The number of likely N-dealkylation sites (tertiary alicyclic amines) is 1. The number of amides is 1. The van der Waals surface area contributed by atoms with Crippen molar-refractivity contribution < 1.29 is 28.9 Å². The topological polar surface area (TPSA) is 88.5 Å². The standard InChI is InChI=1S/C24H26N2O6S/c27-22(16-4-5-17-18(15-16)32-13-12-31-17)20-21(19-3-1-14-33-19)26(24(29)23(20)28)7-2-6-25-8-10-30-11-9-25/h1,3-5,14-15,21,27H,2,6-13H2/b22-20+. The van der Waals surface area contributed by atoms with Gasteiger partial charge in [-0.1, -0.05) is 6.07 Å². The Bertz CT molecular complexity index is 1060. The van der Waals surface area contributed by atoms with E-state index in [0.717, 1.165) is 44.1 Å². The Morgan fingerprint density at radius 2 is 1.82 bits per heavy atom. The molecular weight excluding hydrogens is 444 g/mol. The van der Waals surface area contributed by atoms with Crippen molar-refractivity contribution in [3.63, 3.8) is 0 Å². The molecule has 3 aliphatic rings. The van der Waals surface area contributed by atoms with E-state index in [9.17, 15) is 14.7 Å². The van der Waals surface area contributed by atoms with Crippen LogP contribution in [0, 0.1) is 0 Å². The van der Waals surface area contributed by atoms with Gasteiger partial charge in [-0.25, -0.2) is 0 Å². The molecule has 0 spiro atoms. The molecule has 1 unspecified atom stereocenters. The van der Waals surface area contributed by atoms with Crippen molar-refractivity contribution in [3.05, 3.63) is 51.7 Å². The van der Waals surface area contributed by atoms with Gasteiger partial charge in [-0.15, -0.1) is 11.3 Å². The first-order valence-corrected chi connectivity index (χ1v) is 12.0. The number of aliphatic hydroxyl groups excluding tert-OH is 1. The number of carbonyl (C=O) groups is 2. The van der Waals surface area contributed by atoms with Crippen LogP contribution >= 0.6 is 11.3 Å². The smallest absolute Gasteiger partial charge is 0.295 e. The third-order valence-corrected chi connectivity index (χ3v) is 7.07. The highest BCUT2D eigenvalue weighted by atomic mass is 32.1. The molecule has 33 heavy (non-hydrogen) atoms.